The number of hydrogen-bond donors (Lipinski definition) is 4. The number of aliphatic imine (C=N–C) groups is 1. The molecule has 184 valence electrons. The van der Waals surface area contributed by atoms with E-state index in [0.717, 1.165) is 25.8 Å². The molecule has 0 spiro atoms. The molecular formula is C21H31N3O6S3. The fraction of sp³-hybridized carbons (Fsp3) is 0.333. The summed E-state index contributed by atoms with van der Waals surface area (Å²) in [6, 6.07) is 9.59. The second-order valence-corrected chi connectivity index (χ2v) is 9.46. The first-order valence-corrected chi connectivity index (χ1v) is 11.4. The smallest absolute Gasteiger partial charge is 0.304 e. The number of aliphatic carboxylic acids is 1. The van der Waals surface area contributed by atoms with E-state index in [4.69, 9.17) is 20.3 Å². The highest BCUT2D eigenvalue weighted by molar-refractivity contribution is 8.15. The number of carboxylic acids is 1. The van der Waals surface area contributed by atoms with E-state index >= 15 is 0 Å². The lowest BCUT2D eigenvalue weighted by atomic mass is 10.2. The molecule has 0 fully saturated rings. The number of H-pyrrole nitrogens is 1. The number of rotatable bonds is 7. The lowest BCUT2D eigenvalue weighted by Crippen LogP contribution is -2.10. The van der Waals surface area contributed by atoms with Crippen LogP contribution in [0.5, 0.6) is 5.75 Å². The molecule has 1 atom stereocenters. The third kappa shape index (κ3) is 8.91. The molecule has 2 aromatic heterocycles. The van der Waals surface area contributed by atoms with Gasteiger partial charge in [0.25, 0.3) is 0 Å². The minimum Gasteiger partial charge on any atom is -0.491 e. The van der Waals surface area contributed by atoms with Gasteiger partial charge in [0.2, 0.25) is 0 Å². The first-order chi connectivity index (χ1) is 14.5. The van der Waals surface area contributed by atoms with Gasteiger partial charge in [-0.25, -0.2) is 0 Å². The van der Waals surface area contributed by atoms with Gasteiger partial charge in [-0.1, -0.05) is 25.3 Å². The average molecular weight is 518 g/mol. The maximum Gasteiger partial charge on any atom is 0.304 e. The highest BCUT2D eigenvalue weighted by Gasteiger charge is 2.24. The summed E-state index contributed by atoms with van der Waals surface area (Å²) < 4.78 is 11.7. The molecule has 1 aliphatic heterocycles. The lowest BCUT2D eigenvalue weighted by Gasteiger charge is -2.06. The molecule has 0 saturated carbocycles. The Bertz CT molecular complexity index is 1020. The largest absolute Gasteiger partial charge is 0.491 e. The monoisotopic (exact) mass is 517 g/mol. The number of nitrogens with zero attached hydrogens (tertiary/aromatic N) is 1. The number of carbonyl (C=O) groups is 1. The second-order valence-electron chi connectivity index (χ2n) is 6.44. The highest BCUT2D eigenvalue weighted by atomic mass is 32.2. The van der Waals surface area contributed by atoms with E-state index < -0.39 is 5.97 Å². The van der Waals surface area contributed by atoms with Crippen molar-refractivity contribution in [2.75, 3.05) is 32.6 Å². The van der Waals surface area contributed by atoms with E-state index in [1.807, 2.05) is 29.6 Å². The number of anilines is 1. The number of nitrogens with two attached hydrogens (primary N) is 1. The normalized spacial score (nSPS) is 14.1. The van der Waals surface area contributed by atoms with Crippen LogP contribution in [-0.4, -0.2) is 64.2 Å². The Labute approximate surface area is 206 Å². The van der Waals surface area contributed by atoms with Crippen molar-refractivity contribution in [2.45, 2.75) is 23.3 Å². The van der Waals surface area contributed by atoms with E-state index in [0.29, 0.717) is 31.2 Å². The zero-order valence-corrected chi connectivity index (χ0v) is 19.9. The van der Waals surface area contributed by atoms with Gasteiger partial charge in [0.05, 0.1) is 40.7 Å². The van der Waals surface area contributed by atoms with E-state index in [1.54, 1.807) is 24.5 Å². The molecule has 3 heterocycles. The maximum atomic E-state index is 10.8. The van der Waals surface area contributed by atoms with Crippen LogP contribution in [0.2, 0.25) is 0 Å². The lowest BCUT2D eigenvalue weighted by molar-refractivity contribution is -0.136. The Morgan fingerprint density at radius 2 is 2.09 bits per heavy atom. The Balaban J connectivity index is 0.000000996. The number of fused-ring (bicyclic) bond motifs is 1. The molecule has 33 heavy (non-hydrogen) atoms. The number of hydrogen-bond acceptors (Lipinski definition) is 8. The van der Waals surface area contributed by atoms with Gasteiger partial charge >= 0.3 is 5.97 Å². The number of benzene rings is 1. The van der Waals surface area contributed by atoms with Gasteiger partial charge in [-0.05, 0) is 23.6 Å². The van der Waals surface area contributed by atoms with Crippen LogP contribution in [0.4, 0.5) is 5.69 Å². The summed E-state index contributed by atoms with van der Waals surface area (Å²) in [4.78, 5) is 18.5. The van der Waals surface area contributed by atoms with Crippen LogP contribution in [0.1, 0.15) is 19.5 Å². The van der Waals surface area contributed by atoms with Crippen molar-refractivity contribution in [1.29, 1.82) is 0 Å². The highest BCUT2D eigenvalue weighted by Crippen LogP contribution is 2.32. The molecule has 0 saturated heterocycles. The molecule has 9 nitrogen and oxygen atoms in total. The van der Waals surface area contributed by atoms with Crippen molar-refractivity contribution < 1.29 is 30.3 Å². The van der Waals surface area contributed by atoms with Crippen LogP contribution in [0, 0.1) is 0 Å². The fourth-order valence-electron chi connectivity index (χ4n) is 2.82. The predicted molar refractivity (Wildman–Crippen MR) is 141 cm³/mol. The van der Waals surface area contributed by atoms with Crippen molar-refractivity contribution in [3.05, 3.63) is 41.4 Å². The number of carboxylic acid groups (broad SMARTS) is 1. The van der Waals surface area contributed by atoms with E-state index in [1.165, 1.54) is 11.8 Å². The van der Waals surface area contributed by atoms with Crippen LogP contribution < -0.4 is 10.5 Å². The number of thiophene rings is 1. The molecule has 0 bridgehead atoms. The molecule has 4 rings (SSSR count). The number of thioether (sulfide) groups is 1. The molecule has 3 aromatic rings. The third-order valence-electron chi connectivity index (χ3n) is 4.14. The molecule has 1 unspecified atom stereocenters. The van der Waals surface area contributed by atoms with E-state index in [2.05, 4.69) is 22.6 Å². The maximum absolute atomic E-state index is 10.8. The van der Waals surface area contributed by atoms with Crippen molar-refractivity contribution in [2.24, 2.45) is 4.99 Å². The zero-order chi connectivity index (χ0) is 21.5. The number of nitrogen functional groups attached to an aromatic ring is 1. The number of thiol groups is 1. The summed E-state index contributed by atoms with van der Waals surface area (Å²) >= 11 is 7.18. The van der Waals surface area contributed by atoms with Crippen LogP contribution in [0.25, 0.3) is 10.9 Å². The molecule has 12 heteroatoms. The van der Waals surface area contributed by atoms with E-state index in [9.17, 15) is 4.79 Å². The molecule has 1 aromatic carbocycles. The average Bonchev–Trinajstić information content (AvgIpc) is 3.43. The molecule has 0 radical (unpaired) electrons. The summed E-state index contributed by atoms with van der Waals surface area (Å²) in [6.45, 7) is 1.48. The Hall–Kier alpha value is -2.22. The van der Waals surface area contributed by atoms with Crippen molar-refractivity contribution >= 4 is 63.3 Å². The minimum atomic E-state index is -0.803. The van der Waals surface area contributed by atoms with Crippen LogP contribution in [0.15, 0.2) is 44.9 Å². The zero-order valence-electron chi connectivity index (χ0n) is 17.3. The summed E-state index contributed by atoms with van der Waals surface area (Å²) in [5.41, 5.74) is 8.37. The number of ether oxygens (including phenoxy) is 2. The number of aromatic nitrogens is 1. The van der Waals surface area contributed by atoms with Gasteiger partial charge in [-0.3, -0.25) is 9.79 Å². The van der Waals surface area contributed by atoms with Crippen LogP contribution in [-0.2, 0) is 9.53 Å². The van der Waals surface area contributed by atoms with Crippen LogP contribution in [0.3, 0.4) is 0 Å². The van der Waals surface area contributed by atoms with Gasteiger partial charge < -0.3 is 36.3 Å². The molecule has 0 amide bonds. The number of methoxy groups -OCH3 is 1. The Morgan fingerprint density at radius 1 is 1.33 bits per heavy atom. The number of aromatic amines is 1. The molecular weight excluding hydrogens is 486 g/mol. The molecule has 0 aliphatic carbocycles. The van der Waals surface area contributed by atoms with Gasteiger partial charge in [0.1, 0.15) is 17.4 Å². The van der Waals surface area contributed by atoms with Gasteiger partial charge in [0.15, 0.2) is 0 Å². The summed E-state index contributed by atoms with van der Waals surface area (Å²) in [5, 5.41) is 12.6. The van der Waals surface area contributed by atoms with E-state index in [-0.39, 0.29) is 30.0 Å². The molecule has 1 aliphatic rings. The first kappa shape index (κ1) is 30.8. The third-order valence-corrected chi connectivity index (χ3v) is 6.50. The van der Waals surface area contributed by atoms with Crippen LogP contribution >= 0.6 is 35.7 Å². The van der Waals surface area contributed by atoms with Gasteiger partial charge in [0, 0.05) is 23.8 Å². The number of nitrogens with one attached hydrogen (secondary N) is 1. The Morgan fingerprint density at radius 3 is 2.67 bits per heavy atom. The topological polar surface area (TPSA) is 173 Å². The predicted octanol–water partition coefficient (Wildman–Crippen LogP) is 3.14. The Kier molecular flexibility index (Phi) is 13.8. The SMILES string of the molecule is C.COCCOc1cc(N)c2[nH]c(C3=NCC(CC(=O)O)S3)cc2c1.O.O.Sc1cccs1. The fourth-order valence-corrected chi connectivity index (χ4v) is 4.62. The minimum absolute atomic E-state index is 0. The van der Waals surface area contributed by atoms with Gasteiger partial charge in [-0.2, -0.15) is 0 Å². The van der Waals surface area contributed by atoms with Crippen molar-refractivity contribution in [3.63, 3.8) is 0 Å². The second kappa shape index (κ2) is 14.8. The summed E-state index contributed by atoms with van der Waals surface area (Å²) in [6.07, 6.45) is 0.109. The van der Waals surface area contributed by atoms with Crippen molar-refractivity contribution in [1.82, 2.24) is 4.98 Å². The van der Waals surface area contributed by atoms with Gasteiger partial charge in [-0.15, -0.1) is 24.0 Å². The first-order valence-electron chi connectivity index (χ1n) is 9.16. The summed E-state index contributed by atoms with van der Waals surface area (Å²) in [5.74, 6) is -0.116. The molecule has 8 N–H and O–H groups in total. The standard InChI is InChI=1S/C16H19N3O4S.C4H4S2.CH4.2H2O/c1-22-2-3-23-10-4-9-5-13(19-15(9)12(17)6-10)16-18-8-11(24-16)7-14(20)21;5-4-2-1-3-6-4;;;/h4-6,11,19H,2-3,7-8,17H2,1H3,(H,20,21);1-3,5H;1H4;2*1H2. The van der Waals surface area contributed by atoms with Crippen molar-refractivity contribution in [3.8, 4) is 5.75 Å². The quantitative estimate of drug-likeness (QED) is 0.213. The summed E-state index contributed by atoms with van der Waals surface area (Å²) in [7, 11) is 1.62.